The number of rotatable bonds is 5. The molecule has 5 nitrogen and oxygen atoms in total. The Morgan fingerprint density at radius 3 is 2.27 bits per heavy atom. The Morgan fingerprint density at radius 1 is 1.27 bits per heavy atom. The molecular weight excluding hydrogens is 323 g/mol. The van der Waals surface area contributed by atoms with E-state index in [1.807, 2.05) is 0 Å². The van der Waals surface area contributed by atoms with Crippen molar-refractivity contribution in [3.05, 3.63) is 29.8 Å². The van der Waals surface area contributed by atoms with Crippen LogP contribution in [0.4, 0.5) is 13.2 Å². The minimum atomic E-state index is -5.69. The minimum Gasteiger partial charge on any atom is -0.376 e. The van der Waals surface area contributed by atoms with Crippen molar-refractivity contribution in [2.45, 2.75) is 37.2 Å². The predicted molar refractivity (Wildman–Crippen MR) is 71.6 cm³/mol. The molecule has 0 spiro atoms. The van der Waals surface area contributed by atoms with Gasteiger partial charge >= 0.3 is 15.6 Å². The van der Waals surface area contributed by atoms with Gasteiger partial charge in [-0.15, -0.1) is 0 Å². The number of hydrogen-bond donors (Lipinski definition) is 1. The molecule has 1 aliphatic rings. The van der Waals surface area contributed by atoms with E-state index in [2.05, 4.69) is 9.50 Å². The molecule has 9 heteroatoms. The van der Waals surface area contributed by atoms with Crippen molar-refractivity contribution < 1.29 is 30.6 Å². The summed E-state index contributed by atoms with van der Waals surface area (Å²) in [5.74, 6) is -1.14. The van der Waals surface area contributed by atoms with Crippen LogP contribution in [0.1, 0.15) is 31.2 Å². The highest BCUT2D eigenvalue weighted by molar-refractivity contribution is 7.87. The number of amides is 1. The molecule has 0 unspecified atom stereocenters. The summed E-state index contributed by atoms with van der Waals surface area (Å²) in [6.45, 7) is 1.65. The Bertz CT molecular complexity index is 651. The van der Waals surface area contributed by atoms with Gasteiger partial charge in [0.25, 0.3) is 0 Å². The van der Waals surface area contributed by atoms with E-state index >= 15 is 0 Å². The summed E-state index contributed by atoms with van der Waals surface area (Å²) in [5.41, 5.74) is -4.93. The van der Waals surface area contributed by atoms with Crippen molar-refractivity contribution in [3.63, 3.8) is 0 Å². The molecule has 1 aliphatic carbocycles. The van der Waals surface area contributed by atoms with E-state index in [1.54, 1.807) is 6.92 Å². The van der Waals surface area contributed by atoms with Gasteiger partial charge in [-0.3, -0.25) is 4.79 Å². The third-order valence-corrected chi connectivity index (χ3v) is 4.17. The number of alkyl halides is 3. The van der Waals surface area contributed by atoms with E-state index in [0.29, 0.717) is 5.56 Å². The molecule has 22 heavy (non-hydrogen) atoms. The SMILES string of the molecule is C[C@@H](C(=O)NC1CC1)c1ccc(OS(=O)(=O)C(F)(F)F)cc1. The second-order valence-corrected chi connectivity index (χ2v) is 6.59. The van der Waals surface area contributed by atoms with Crippen molar-refractivity contribution >= 4 is 16.0 Å². The zero-order valence-corrected chi connectivity index (χ0v) is 12.4. The highest BCUT2D eigenvalue weighted by Crippen LogP contribution is 2.28. The van der Waals surface area contributed by atoms with E-state index in [1.165, 1.54) is 12.1 Å². The molecule has 0 radical (unpaired) electrons. The van der Waals surface area contributed by atoms with Crippen LogP contribution in [0.5, 0.6) is 5.75 Å². The molecule has 0 heterocycles. The molecule has 1 saturated carbocycles. The van der Waals surface area contributed by atoms with Gasteiger partial charge in [-0.25, -0.2) is 0 Å². The fourth-order valence-corrected chi connectivity index (χ4v) is 2.15. The van der Waals surface area contributed by atoms with E-state index in [0.717, 1.165) is 25.0 Å². The molecule has 0 aromatic heterocycles. The highest BCUT2D eigenvalue weighted by atomic mass is 32.2. The van der Waals surface area contributed by atoms with Crippen LogP contribution in [0.25, 0.3) is 0 Å². The first-order valence-corrected chi connectivity index (χ1v) is 7.92. The first-order valence-electron chi connectivity index (χ1n) is 6.51. The zero-order valence-electron chi connectivity index (χ0n) is 11.6. The monoisotopic (exact) mass is 337 g/mol. The van der Waals surface area contributed by atoms with Crippen LogP contribution in [-0.4, -0.2) is 25.9 Å². The minimum absolute atomic E-state index is 0.181. The van der Waals surface area contributed by atoms with E-state index in [9.17, 15) is 26.4 Å². The van der Waals surface area contributed by atoms with Gasteiger partial charge in [-0.05, 0) is 37.5 Å². The van der Waals surface area contributed by atoms with E-state index in [4.69, 9.17) is 0 Å². The largest absolute Gasteiger partial charge is 0.534 e. The standard InChI is InChI=1S/C13H14F3NO4S/c1-8(12(18)17-10-4-5-10)9-2-6-11(7-3-9)21-22(19,20)13(14,15)16/h2-3,6-8,10H,4-5H2,1H3,(H,17,18)/t8-/m1/s1. The molecule has 0 aliphatic heterocycles. The van der Waals surface area contributed by atoms with Crippen molar-refractivity contribution in [2.24, 2.45) is 0 Å². The molecular formula is C13H14F3NO4S. The molecule has 1 aromatic rings. The van der Waals surface area contributed by atoms with Crippen LogP contribution in [0.2, 0.25) is 0 Å². The van der Waals surface area contributed by atoms with Crippen LogP contribution in [0.15, 0.2) is 24.3 Å². The van der Waals surface area contributed by atoms with Gasteiger partial charge in [0.1, 0.15) is 5.75 Å². The number of benzene rings is 1. The van der Waals surface area contributed by atoms with Crippen molar-refractivity contribution in [1.29, 1.82) is 0 Å². The first-order chi connectivity index (χ1) is 10.1. The Kier molecular flexibility index (Phi) is 4.37. The van der Waals surface area contributed by atoms with Gasteiger partial charge in [-0.2, -0.15) is 21.6 Å². The molecule has 1 amide bonds. The maximum Gasteiger partial charge on any atom is 0.534 e. The Balaban J connectivity index is 2.05. The van der Waals surface area contributed by atoms with Crippen LogP contribution in [0, 0.1) is 0 Å². The first kappa shape index (κ1) is 16.6. The quantitative estimate of drug-likeness (QED) is 0.661. The summed E-state index contributed by atoms with van der Waals surface area (Å²) in [5, 5.41) is 2.81. The summed E-state index contributed by atoms with van der Waals surface area (Å²) in [6, 6.07) is 5.09. The number of hydrogen-bond acceptors (Lipinski definition) is 4. The zero-order chi connectivity index (χ0) is 16.5. The lowest BCUT2D eigenvalue weighted by Gasteiger charge is -2.13. The summed E-state index contributed by atoms with van der Waals surface area (Å²) in [4.78, 5) is 11.9. The average Bonchev–Trinajstić information content (AvgIpc) is 3.21. The topological polar surface area (TPSA) is 72.5 Å². The highest BCUT2D eigenvalue weighted by Gasteiger charge is 2.48. The van der Waals surface area contributed by atoms with Gasteiger partial charge in [0.15, 0.2) is 0 Å². The molecule has 122 valence electrons. The normalized spacial score (nSPS) is 16.9. The third-order valence-electron chi connectivity index (χ3n) is 3.19. The molecule has 1 aromatic carbocycles. The van der Waals surface area contributed by atoms with Crippen LogP contribution in [-0.2, 0) is 14.9 Å². The number of nitrogens with one attached hydrogen (secondary N) is 1. The molecule has 0 saturated heterocycles. The van der Waals surface area contributed by atoms with Gasteiger partial charge in [0.05, 0.1) is 5.92 Å². The number of halogens is 3. The molecule has 1 atom stereocenters. The lowest BCUT2D eigenvalue weighted by Crippen LogP contribution is -2.29. The summed E-state index contributed by atoms with van der Waals surface area (Å²) in [6.07, 6.45) is 1.89. The number of carbonyl (C=O) groups is 1. The smallest absolute Gasteiger partial charge is 0.376 e. The summed E-state index contributed by atoms with van der Waals surface area (Å²) < 4.78 is 62.3. The second-order valence-electron chi connectivity index (χ2n) is 5.06. The van der Waals surface area contributed by atoms with Gasteiger partial charge in [0, 0.05) is 6.04 Å². The maximum absolute atomic E-state index is 12.2. The molecule has 1 fully saturated rings. The van der Waals surface area contributed by atoms with Gasteiger partial charge < -0.3 is 9.50 Å². The maximum atomic E-state index is 12.2. The lowest BCUT2D eigenvalue weighted by molar-refractivity contribution is -0.122. The Hall–Kier alpha value is -1.77. The second kappa shape index (κ2) is 5.79. The fourth-order valence-electron chi connectivity index (χ4n) is 1.69. The van der Waals surface area contributed by atoms with Crippen molar-refractivity contribution in [2.75, 3.05) is 0 Å². The fraction of sp³-hybridized carbons (Fsp3) is 0.462. The predicted octanol–water partition coefficient (Wildman–Crippen LogP) is 2.30. The average molecular weight is 337 g/mol. The van der Waals surface area contributed by atoms with Crippen LogP contribution in [0.3, 0.4) is 0 Å². The van der Waals surface area contributed by atoms with E-state index < -0.39 is 27.3 Å². The van der Waals surface area contributed by atoms with Crippen LogP contribution < -0.4 is 9.50 Å². The molecule has 1 N–H and O–H groups in total. The van der Waals surface area contributed by atoms with Gasteiger partial charge in [-0.1, -0.05) is 12.1 Å². The Morgan fingerprint density at radius 2 is 1.82 bits per heavy atom. The molecule has 0 bridgehead atoms. The van der Waals surface area contributed by atoms with E-state index in [-0.39, 0.29) is 11.9 Å². The van der Waals surface area contributed by atoms with Crippen LogP contribution >= 0.6 is 0 Å². The van der Waals surface area contributed by atoms with Crippen molar-refractivity contribution in [3.8, 4) is 5.75 Å². The Labute approximate surface area is 125 Å². The number of carbonyl (C=O) groups excluding carboxylic acids is 1. The summed E-state index contributed by atoms with van der Waals surface area (Å²) in [7, 11) is -5.69. The summed E-state index contributed by atoms with van der Waals surface area (Å²) >= 11 is 0. The lowest BCUT2D eigenvalue weighted by atomic mass is 10.0. The van der Waals surface area contributed by atoms with Crippen molar-refractivity contribution in [1.82, 2.24) is 5.32 Å². The van der Waals surface area contributed by atoms with Gasteiger partial charge in [0.2, 0.25) is 5.91 Å². The third kappa shape index (κ3) is 3.90. The molecule has 2 rings (SSSR count).